The van der Waals surface area contributed by atoms with Crippen molar-refractivity contribution in [3.63, 3.8) is 0 Å². The lowest BCUT2D eigenvalue weighted by Gasteiger charge is -2.07. The second kappa shape index (κ2) is 8.70. The van der Waals surface area contributed by atoms with E-state index in [1.807, 2.05) is 62.4 Å². The van der Waals surface area contributed by atoms with Crippen LogP contribution in [-0.2, 0) is 9.84 Å². The van der Waals surface area contributed by atoms with Gasteiger partial charge >= 0.3 is 0 Å². The fourth-order valence-electron chi connectivity index (χ4n) is 3.63. The maximum Gasteiger partial charge on any atom is 0.210 e. The van der Waals surface area contributed by atoms with E-state index >= 15 is 0 Å². The van der Waals surface area contributed by atoms with Crippen molar-refractivity contribution in [2.75, 3.05) is 12.9 Å². The molecule has 8 heteroatoms. The lowest BCUT2D eigenvalue weighted by atomic mass is 10.1. The van der Waals surface area contributed by atoms with Crippen LogP contribution in [0.1, 0.15) is 12.5 Å². The Morgan fingerprint density at radius 3 is 2.56 bits per heavy atom. The summed E-state index contributed by atoms with van der Waals surface area (Å²) >= 11 is 1.34. The summed E-state index contributed by atoms with van der Waals surface area (Å²) in [7, 11) is -3.30. The second-order valence-corrected chi connectivity index (χ2v) is 11.0. The second-order valence-electron chi connectivity index (χ2n) is 7.96. The third-order valence-corrected chi connectivity index (χ3v) is 7.38. The molecule has 2 heterocycles. The molecule has 0 amide bonds. The lowest BCUT2D eigenvalue weighted by Crippen LogP contribution is -2.04. The Labute approximate surface area is 201 Å². The van der Waals surface area contributed by atoms with E-state index in [1.54, 1.807) is 18.2 Å². The number of hydrogen-bond donors (Lipinski definition) is 0. The van der Waals surface area contributed by atoms with E-state index in [2.05, 4.69) is 4.98 Å². The summed E-state index contributed by atoms with van der Waals surface area (Å²) in [6, 6.07) is 20.6. The smallest absolute Gasteiger partial charge is 0.210 e. The van der Waals surface area contributed by atoms with Crippen LogP contribution < -0.4 is 10.1 Å². The zero-order valence-corrected chi connectivity index (χ0v) is 20.5. The van der Waals surface area contributed by atoms with Gasteiger partial charge in [-0.05, 0) is 50.2 Å². The summed E-state index contributed by atoms with van der Waals surface area (Å²) in [6.07, 6.45) is 1.20. The van der Waals surface area contributed by atoms with Gasteiger partial charge in [-0.1, -0.05) is 41.2 Å². The van der Waals surface area contributed by atoms with E-state index in [1.165, 1.54) is 23.2 Å². The minimum atomic E-state index is -3.30. The minimum absolute atomic E-state index is 0.266. The summed E-state index contributed by atoms with van der Waals surface area (Å²) in [5.41, 5.74) is 3.49. The number of thiazole rings is 1. The Morgan fingerprint density at radius 1 is 1.03 bits per heavy atom. The highest BCUT2D eigenvalue weighted by molar-refractivity contribution is 7.90. The first-order valence-electron chi connectivity index (χ1n) is 10.7. The fourth-order valence-corrected chi connectivity index (χ4v) is 5.24. The predicted octanol–water partition coefficient (Wildman–Crippen LogP) is 6.05. The highest BCUT2D eigenvalue weighted by Crippen LogP contribution is 2.31. The molecular formula is C26H22N2O4S2. The first-order chi connectivity index (χ1) is 16.3. The molecule has 5 aromatic rings. The lowest BCUT2D eigenvalue weighted by molar-refractivity contribution is 0.340. The number of sulfone groups is 1. The topological polar surface area (TPSA) is 81.8 Å². The van der Waals surface area contributed by atoms with Gasteiger partial charge in [-0.15, -0.1) is 0 Å². The molecule has 0 aliphatic rings. The van der Waals surface area contributed by atoms with E-state index in [9.17, 15) is 8.42 Å². The van der Waals surface area contributed by atoms with Crippen molar-refractivity contribution in [2.45, 2.75) is 18.7 Å². The van der Waals surface area contributed by atoms with Gasteiger partial charge in [-0.25, -0.2) is 18.4 Å². The molecule has 0 radical (unpaired) electrons. The SMILES string of the molecule is CCOc1ccc2oc(-c3ccc(C)cc3)c/c(=N\c3nc4ccc(S(C)(=O)=O)cc4s3)c2c1. The van der Waals surface area contributed by atoms with Crippen molar-refractivity contribution in [3.05, 3.63) is 77.7 Å². The van der Waals surface area contributed by atoms with Crippen LogP contribution in [0.5, 0.6) is 5.75 Å². The number of aromatic nitrogens is 1. The Bertz CT molecular complexity index is 1700. The molecule has 0 atom stereocenters. The van der Waals surface area contributed by atoms with Crippen molar-refractivity contribution in [1.29, 1.82) is 0 Å². The monoisotopic (exact) mass is 490 g/mol. The predicted molar refractivity (Wildman–Crippen MR) is 136 cm³/mol. The van der Waals surface area contributed by atoms with Gasteiger partial charge in [0.2, 0.25) is 5.13 Å². The van der Waals surface area contributed by atoms with Gasteiger partial charge in [-0.3, -0.25) is 0 Å². The molecule has 0 saturated carbocycles. The van der Waals surface area contributed by atoms with Crippen molar-refractivity contribution >= 4 is 47.5 Å². The number of nitrogens with zero attached hydrogens (tertiary/aromatic N) is 2. The standard InChI is InChI=1S/C26H22N2O4S2/c1-4-31-18-9-12-23-20(13-18)22(15-24(32-23)17-7-5-16(2)6-8-17)28-26-27-21-11-10-19(34(3,29)30)14-25(21)33-26/h5-15H,4H2,1-3H3/b28-22+. The molecule has 0 saturated heterocycles. The Balaban J connectivity index is 1.72. The highest BCUT2D eigenvalue weighted by Gasteiger charge is 2.12. The molecule has 0 aliphatic heterocycles. The third-order valence-electron chi connectivity index (χ3n) is 5.35. The zero-order chi connectivity index (χ0) is 23.9. The molecular weight excluding hydrogens is 468 g/mol. The average Bonchev–Trinajstić information content (AvgIpc) is 3.21. The van der Waals surface area contributed by atoms with Crippen LogP contribution in [0.15, 0.2) is 81.0 Å². The molecule has 0 bridgehead atoms. The van der Waals surface area contributed by atoms with Gasteiger partial charge in [0.05, 0.1) is 27.1 Å². The number of aryl methyl sites for hydroxylation is 1. The quantitative estimate of drug-likeness (QED) is 0.299. The van der Waals surface area contributed by atoms with Crippen LogP contribution in [0, 0.1) is 6.92 Å². The normalized spacial score (nSPS) is 12.5. The molecule has 34 heavy (non-hydrogen) atoms. The minimum Gasteiger partial charge on any atom is -0.494 e. The van der Waals surface area contributed by atoms with Gasteiger partial charge in [-0.2, -0.15) is 0 Å². The van der Waals surface area contributed by atoms with E-state index < -0.39 is 9.84 Å². The number of rotatable bonds is 5. The number of hydrogen-bond acceptors (Lipinski definition) is 7. The molecule has 2 aromatic heterocycles. The van der Waals surface area contributed by atoms with Gasteiger partial charge < -0.3 is 9.15 Å². The molecule has 3 aromatic carbocycles. The van der Waals surface area contributed by atoms with E-state index in [0.29, 0.717) is 34.0 Å². The van der Waals surface area contributed by atoms with E-state index in [0.717, 1.165) is 21.4 Å². The van der Waals surface area contributed by atoms with Crippen LogP contribution in [0.3, 0.4) is 0 Å². The van der Waals surface area contributed by atoms with Gasteiger partial charge in [0.25, 0.3) is 0 Å². The Morgan fingerprint density at radius 2 is 1.82 bits per heavy atom. The van der Waals surface area contributed by atoms with E-state index in [4.69, 9.17) is 14.1 Å². The van der Waals surface area contributed by atoms with Crippen molar-refractivity contribution in [3.8, 4) is 17.1 Å². The largest absolute Gasteiger partial charge is 0.494 e. The summed E-state index contributed by atoms with van der Waals surface area (Å²) in [4.78, 5) is 9.72. The maximum absolute atomic E-state index is 11.9. The average molecular weight is 491 g/mol. The molecule has 0 spiro atoms. The molecule has 0 aliphatic carbocycles. The third kappa shape index (κ3) is 4.47. The molecule has 0 fully saturated rings. The van der Waals surface area contributed by atoms with Crippen molar-refractivity contribution < 1.29 is 17.6 Å². The number of fused-ring (bicyclic) bond motifs is 2. The summed E-state index contributed by atoms with van der Waals surface area (Å²) in [5, 5.41) is 2.03. The molecule has 5 rings (SSSR count). The van der Waals surface area contributed by atoms with Crippen LogP contribution in [0.4, 0.5) is 5.13 Å². The van der Waals surface area contributed by atoms with Crippen molar-refractivity contribution in [1.82, 2.24) is 4.98 Å². The van der Waals surface area contributed by atoms with Crippen LogP contribution in [0.2, 0.25) is 0 Å². The molecule has 0 unspecified atom stereocenters. The van der Waals surface area contributed by atoms with E-state index in [-0.39, 0.29) is 4.90 Å². The summed E-state index contributed by atoms with van der Waals surface area (Å²) in [5.74, 6) is 1.42. The van der Waals surface area contributed by atoms with Crippen molar-refractivity contribution in [2.24, 2.45) is 4.99 Å². The highest BCUT2D eigenvalue weighted by atomic mass is 32.2. The molecule has 0 N–H and O–H groups in total. The zero-order valence-electron chi connectivity index (χ0n) is 18.9. The summed E-state index contributed by atoms with van der Waals surface area (Å²) < 4.78 is 36.5. The first kappa shape index (κ1) is 22.3. The fraction of sp³-hybridized carbons (Fsp3) is 0.154. The maximum atomic E-state index is 11.9. The van der Waals surface area contributed by atoms with Crippen LogP contribution >= 0.6 is 11.3 Å². The molecule has 6 nitrogen and oxygen atoms in total. The van der Waals surface area contributed by atoms with Crippen LogP contribution in [-0.4, -0.2) is 26.3 Å². The van der Waals surface area contributed by atoms with Crippen LogP contribution in [0.25, 0.3) is 32.5 Å². The summed E-state index contributed by atoms with van der Waals surface area (Å²) in [6.45, 7) is 4.53. The molecule has 172 valence electrons. The Hall–Kier alpha value is -3.49. The number of ether oxygens (including phenoxy) is 1. The Kier molecular flexibility index (Phi) is 5.71. The first-order valence-corrected chi connectivity index (χ1v) is 13.4. The van der Waals surface area contributed by atoms with Gasteiger partial charge in [0.1, 0.15) is 17.1 Å². The number of benzene rings is 3. The van der Waals surface area contributed by atoms with Gasteiger partial charge in [0.15, 0.2) is 9.84 Å². The van der Waals surface area contributed by atoms with Gasteiger partial charge in [0, 0.05) is 23.3 Å².